The molecule has 0 atom stereocenters. The van der Waals surface area contributed by atoms with Crippen molar-refractivity contribution in [2.24, 2.45) is 7.05 Å². The number of rotatable bonds is 10. The second-order valence-corrected chi connectivity index (χ2v) is 10.2. The van der Waals surface area contributed by atoms with Crippen molar-refractivity contribution in [1.29, 1.82) is 5.26 Å². The van der Waals surface area contributed by atoms with Crippen molar-refractivity contribution < 1.29 is 9.53 Å². The smallest absolute Gasteiger partial charge is 0.247 e. The number of nitriles is 1. The maximum Gasteiger partial charge on any atom is 0.247 e. The van der Waals surface area contributed by atoms with Gasteiger partial charge in [0.1, 0.15) is 11.8 Å². The fourth-order valence-electron chi connectivity index (χ4n) is 5.13. The monoisotopic (exact) mass is 550 g/mol. The summed E-state index contributed by atoms with van der Waals surface area (Å²) < 4.78 is 7.71. The molecule has 1 aliphatic heterocycles. The Morgan fingerprint density at radius 3 is 2.76 bits per heavy atom. The van der Waals surface area contributed by atoms with E-state index < -0.39 is 0 Å². The summed E-state index contributed by atoms with van der Waals surface area (Å²) in [5.74, 6) is 0.621. The van der Waals surface area contributed by atoms with Gasteiger partial charge in [0.15, 0.2) is 0 Å². The molecule has 0 aliphatic carbocycles. The molecule has 4 aromatic rings. The van der Waals surface area contributed by atoms with Crippen LogP contribution in [0.15, 0.2) is 55.4 Å². The number of nitrogens with zero attached hydrogens (tertiary/aromatic N) is 6. The molecule has 10 heteroatoms. The summed E-state index contributed by atoms with van der Waals surface area (Å²) >= 11 is 0. The lowest BCUT2D eigenvalue weighted by Crippen LogP contribution is -2.42. The van der Waals surface area contributed by atoms with Crippen LogP contribution >= 0.6 is 0 Å². The second-order valence-electron chi connectivity index (χ2n) is 10.2. The maximum atomic E-state index is 12.3. The zero-order valence-corrected chi connectivity index (χ0v) is 23.9. The largest absolute Gasteiger partial charge is 0.494 e. The molecule has 5 rings (SSSR count). The van der Waals surface area contributed by atoms with E-state index in [9.17, 15) is 10.1 Å². The topological polar surface area (TPSA) is 111 Å². The number of aryl methyl sites for hydroxylation is 2. The van der Waals surface area contributed by atoms with Gasteiger partial charge in [0.05, 0.1) is 40.9 Å². The van der Waals surface area contributed by atoms with Crippen LogP contribution in [0.4, 0.5) is 23.0 Å². The highest BCUT2D eigenvalue weighted by Crippen LogP contribution is 2.38. The minimum absolute atomic E-state index is 0.309. The summed E-state index contributed by atoms with van der Waals surface area (Å²) in [7, 11) is 5.54. The quantitative estimate of drug-likeness (QED) is 0.270. The van der Waals surface area contributed by atoms with Crippen molar-refractivity contribution >= 4 is 39.8 Å². The number of anilines is 4. The average Bonchev–Trinajstić information content (AvgIpc) is 3.24. The molecule has 2 N–H and O–H groups in total. The molecule has 0 bridgehead atoms. The number of hydrogen-bond acceptors (Lipinski definition) is 8. The van der Waals surface area contributed by atoms with Gasteiger partial charge in [0.25, 0.3) is 0 Å². The number of carbonyl (C=O) groups excluding carboxylic acids is 1. The highest BCUT2D eigenvalue weighted by atomic mass is 16.5. The van der Waals surface area contributed by atoms with Gasteiger partial charge in [0.2, 0.25) is 11.9 Å². The van der Waals surface area contributed by atoms with Crippen LogP contribution in [0, 0.1) is 18.3 Å². The summed E-state index contributed by atoms with van der Waals surface area (Å²) in [5.41, 5.74) is 6.09. The van der Waals surface area contributed by atoms with Gasteiger partial charge in [-0.15, -0.1) is 0 Å². The number of carbonyl (C=O) groups is 1. The third-order valence-corrected chi connectivity index (χ3v) is 7.47. The first kappa shape index (κ1) is 27.7. The minimum atomic E-state index is -0.309. The summed E-state index contributed by atoms with van der Waals surface area (Å²) in [6.45, 7) is 9.61. The molecule has 2 aromatic carbocycles. The molecule has 0 radical (unpaired) electrons. The molecule has 0 spiro atoms. The van der Waals surface area contributed by atoms with Crippen LogP contribution in [-0.2, 0) is 11.8 Å². The Balaban J connectivity index is 1.48. The molecule has 10 nitrogen and oxygen atoms in total. The van der Waals surface area contributed by atoms with Crippen molar-refractivity contribution in [2.45, 2.75) is 13.3 Å². The Labute approximate surface area is 239 Å². The fourth-order valence-corrected chi connectivity index (χ4v) is 5.13. The SMILES string of the molecule is C=CC(=O)Nc1cc(Nc2nccc(-c3cc(C#N)c4c(c3)c(C)cn4C)n2)c(OC)cc1N(C)CCN1CCC1. The van der Waals surface area contributed by atoms with E-state index in [0.717, 1.165) is 53.9 Å². The van der Waals surface area contributed by atoms with Gasteiger partial charge in [-0.05, 0) is 62.3 Å². The number of ether oxygens (including phenoxy) is 1. The van der Waals surface area contributed by atoms with Crippen molar-refractivity contribution in [2.75, 3.05) is 55.9 Å². The zero-order chi connectivity index (χ0) is 29.1. The number of hydrogen-bond donors (Lipinski definition) is 2. The molecule has 0 unspecified atom stereocenters. The normalized spacial score (nSPS) is 12.9. The average molecular weight is 551 g/mol. The van der Waals surface area contributed by atoms with Gasteiger partial charge in [0, 0.05) is 56.6 Å². The third kappa shape index (κ3) is 5.71. The van der Waals surface area contributed by atoms with Crippen LogP contribution in [0.3, 0.4) is 0 Å². The molecule has 1 fully saturated rings. The van der Waals surface area contributed by atoms with Gasteiger partial charge in [-0.25, -0.2) is 9.97 Å². The Morgan fingerprint density at radius 2 is 2.07 bits per heavy atom. The Hall–Kier alpha value is -4.88. The van der Waals surface area contributed by atoms with E-state index >= 15 is 0 Å². The number of likely N-dealkylation sites (tertiary alicyclic amines) is 1. The predicted molar refractivity (Wildman–Crippen MR) is 163 cm³/mol. The Morgan fingerprint density at radius 1 is 1.27 bits per heavy atom. The van der Waals surface area contributed by atoms with Crippen LogP contribution in [0.2, 0.25) is 0 Å². The molecule has 210 valence electrons. The number of nitrogens with one attached hydrogen (secondary N) is 2. The van der Waals surface area contributed by atoms with E-state index in [2.05, 4.69) is 38.1 Å². The summed E-state index contributed by atoms with van der Waals surface area (Å²) in [6, 6.07) is 11.7. The number of aromatic nitrogens is 3. The molecule has 0 saturated carbocycles. The first-order valence-corrected chi connectivity index (χ1v) is 13.5. The number of likely N-dealkylation sites (N-methyl/N-ethyl adjacent to an activating group) is 1. The lowest BCUT2D eigenvalue weighted by atomic mass is 10.0. The molecule has 3 heterocycles. The van der Waals surface area contributed by atoms with E-state index in [1.54, 1.807) is 13.3 Å². The van der Waals surface area contributed by atoms with E-state index in [1.807, 2.05) is 62.1 Å². The van der Waals surface area contributed by atoms with Gasteiger partial charge in [-0.2, -0.15) is 5.26 Å². The van der Waals surface area contributed by atoms with Crippen molar-refractivity contribution in [1.82, 2.24) is 19.4 Å². The van der Waals surface area contributed by atoms with Crippen LogP contribution in [0.5, 0.6) is 5.75 Å². The first-order chi connectivity index (χ1) is 19.8. The predicted octanol–water partition coefficient (Wildman–Crippen LogP) is 4.83. The number of amides is 1. The molecule has 2 aromatic heterocycles. The lowest BCUT2D eigenvalue weighted by Gasteiger charge is -2.33. The Bertz CT molecular complexity index is 1670. The Kier molecular flexibility index (Phi) is 7.90. The lowest BCUT2D eigenvalue weighted by molar-refractivity contribution is -0.111. The minimum Gasteiger partial charge on any atom is -0.494 e. The summed E-state index contributed by atoms with van der Waals surface area (Å²) in [6.07, 6.45) is 6.17. The van der Waals surface area contributed by atoms with E-state index in [4.69, 9.17) is 9.72 Å². The molecule has 1 aliphatic rings. The van der Waals surface area contributed by atoms with Crippen molar-refractivity contribution in [3.63, 3.8) is 0 Å². The highest BCUT2D eigenvalue weighted by molar-refractivity contribution is 6.02. The van der Waals surface area contributed by atoms with Gasteiger partial charge < -0.3 is 29.7 Å². The zero-order valence-electron chi connectivity index (χ0n) is 23.9. The molecular weight excluding hydrogens is 516 g/mol. The third-order valence-electron chi connectivity index (χ3n) is 7.47. The van der Waals surface area contributed by atoms with Crippen LogP contribution in [0.1, 0.15) is 17.5 Å². The molecule has 1 saturated heterocycles. The summed E-state index contributed by atoms with van der Waals surface area (Å²) in [5, 5.41) is 17.0. The van der Waals surface area contributed by atoms with E-state index in [0.29, 0.717) is 34.3 Å². The van der Waals surface area contributed by atoms with Crippen molar-refractivity contribution in [3.8, 4) is 23.1 Å². The number of methoxy groups -OCH3 is 1. The van der Waals surface area contributed by atoms with Gasteiger partial charge in [-0.3, -0.25) is 4.79 Å². The number of fused-ring (bicyclic) bond motifs is 1. The van der Waals surface area contributed by atoms with E-state index in [-0.39, 0.29) is 5.91 Å². The molecule has 41 heavy (non-hydrogen) atoms. The molecule has 1 amide bonds. The van der Waals surface area contributed by atoms with E-state index in [1.165, 1.54) is 12.5 Å². The second kappa shape index (κ2) is 11.7. The molecular formula is C31H34N8O2. The maximum absolute atomic E-state index is 12.3. The fraction of sp³-hybridized carbons (Fsp3) is 0.290. The van der Waals surface area contributed by atoms with Crippen LogP contribution < -0.4 is 20.3 Å². The first-order valence-electron chi connectivity index (χ1n) is 13.5. The van der Waals surface area contributed by atoms with Crippen molar-refractivity contribution in [3.05, 3.63) is 66.5 Å². The highest BCUT2D eigenvalue weighted by Gasteiger charge is 2.19. The standard InChI is InChI=1S/C31H34N8O2/c1-6-29(40)34-25-16-26(28(41-5)17-27(25)37(3)12-13-39-10-7-11-39)36-31-33-9-8-24(35-31)21-14-22(18-32)30-23(15-21)20(2)19-38(30)4/h6,8-9,14-17,19H,1,7,10-13H2,2-5H3,(H,34,40)(H,33,35,36). The summed E-state index contributed by atoms with van der Waals surface area (Å²) in [4.78, 5) is 26.0. The van der Waals surface area contributed by atoms with Gasteiger partial charge >= 0.3 is 0 Å². The van der Waals surface area contributed by atoms with Crippen LogP contribution in [-0.4, -0.2) is 65.7 Å². The van der Waals surface area contributed by atoms with Gasteiger partial charge in [-0.1, -0.05) is 6.58 Å². The van der Waals surface area contributed by atoms with Crippen LogP contribution in [0.25, 0.3) is 22.2 Å². The number of benzene rings is 2.